The molecule has 1 fully saturated rings. The van der Waals surface area contributed by atoms with Crippen LogP contribution in [0.1, 0.15) is 45.1 Å². The third-order valence-electron chi connectivity index (χ3n) is 4.04. The van der Waals surface area contributed by atoms with Gasteiger partial charge >= 0.3 is 129 Å². The van der Waals surface area contributed by atoms with E-state index in [1.807, 2.05) is 0 Å². The molecule has 0 amide bonds. The summed E-state index contributed by atoms with van der Waals surface area (Å²) in [6, 6.07) is 10.7. The second-order valence-corrected chi connectivity index (χ2v) is 15.4. The summed E-state index contributed by atoms with van der Waals surface area (Å²) >= 11 is -2.71. The van der Waals surface area contributed by atoms with Gasteiger partial charge in [0.1, 0.15) is 0 Å². The molecule has 0 N–H and O–H groups in total. The normalized spacial score (nSPS) is 21.2. The monoisotopic (exact) mass is 384 g/mol. The first-order valence-electron chi connectivity index (χ1n) is 8.13. The minimum atomic E-state index is -2.71. The van der Waals surface area contributed by atoms with Gasteiger partial charge in [-0.25, -0.2) is 0 Å². The van der Waals surface area contributed by atoms with Crippen LogP contribution < -0.4 is 0 Å². The number of hydrogen-bond donors (Lipinski definition) is 0. The molecule has 1 atom stereocenters. The molecular formula is C17H28O2Sn. The van der Waals surface area contributed by atoms with Crippen LogP contribution in [0, 0.1) is 0 Å². The van der Waals surface area contributed by atoms with Gasteiger partial charge < -0.3 is 0 Å². The van der Waals surface area contributed by atoms with Crippen molar-refractivity contribution >= 4 is 19.2 Å². The summed E-state index contributed by atoms with van der Waals surface area (Å²) in [5, 5.41) is 0. The van der Waals surface area contributed by atoms with E-state index in [-0.39, 0.29) is 0 Å². The van der Waals surface area contributed by atoms with Crippen molar-refractivity contribution < 1.29 is 6.15 Å². The quantitative estimate of drug-likeness (QED) is 0.607. The van der Waals surface area contributed by atoms with Crippen LogP contribution in [-0.4, -0.2) is 31.9 Å². The molecule has 0 aliphatic carbocycles. The fourth-order valence-corrected chi connectivity index (χ4v) is 13.9. The fourth-order valence-electron chi connectivity index (χ4n) is 2.87. The molecule has 0 radical (unpaired) electrons. The third-order valence-corrected chi connectivity index (χ3v) is 14.6. The summed E-state index contributed by atoms with van der Waals surface area (Å²) < 4.78 is 15.4. The van der Waals surface area contributed by atoms with Gasteiger partial charge in [0.25, 0.3) is 0 Å². The summed E-state index contributed by atoms with van der Waals surface area (Å²) in [6.07, 6.45) is 6.37. The van der Waals surface area contributed by atoms with Crippen LogP contribution in [0.3, 0.4) is 0 Å². The average Bonchev–Trinajstić information content (AvgIpc) is 2.88. The van der Waals surface area contributed by atoms with Crippen molar-refractivity contribution in [2.75, 3.05) is 6.61 Å². The molecule has 1 aliphatic rings. The maximum atomic E-state index is 6.54. The van der Waals surface area contributed by atoms with Gasteiger partial charge in [0.15, 0.2) is 0 Å². The molecule has 20 heavy (non-hydrogen) atoms. The molecule has 0 spiro atoms. The van der Waals surface area contributed by atoms with E-state index in [1.165, 1.54) is 40.1 Å². The minimum absolute atomic E-state index is 0.307. The molecule has 1 aromatic carbocycles. The Kier molecular flexibility index (Phi) is 6.85. The SMILES string of the molecule is CCC[CH2][Sn]1([CH2]CCC)[O]CC(Cc2ccccc2)[O]1. The first kappa shape index (κ1) is 16.3. The van der Waals surface area contributed by atoms with Gasteiger partial charge in [0.05, 0.1) is 0 Å². The molecule has 0 aromatic heterocycles. The zero-order valence-corrected chi connectivity index (χ0v) is 15.8. The molecule has 1 unspecified atom stereocenters. The van der Waals surface area contributed by atoms with Gasteiger partial charge in [0, 0.05) is 0 Å². The Morgan fingerprint density at radius 3 is 2.30 bits per heavy atom. The van der Waals surface area contributed by atoms with E-state index in [2.05, 4.69) is 44.2 Å². The van der Waals surface area contributed by atoms with Crippen molar-refractivity contribution in [1.82, 2.24) is 0 Å². The molecule has 3 heteroatoms. The van der Waals surface area contributed by atoms with Crippen molar-refractivity contribution in [2.24, 2.45) is 0 Å². The van der Waals surface area contributed by atoms with Gasteiger partial charge in [-0.05, 0) is 0 Å². The van der Waals surface area contributed by atoms with Gasteiger partial charge in [-0.15, -0.1) is 0 Å². The van der Waals surface area contributed by atoms with Crippen molar-refractivity contribution in [2.45, 2.75) is 60.9 Å². The van der Waals surface area contributed by atoms with Crippen molar-refractivity contribution in [3.05, 3.63) is 35.9 Å². The van der Waals surface area contributed by atoms with E-state index in [9.17, 15) is 0 Å². The first-order valence-corrected chi connectivity index (χ1v) is 14.5. The van der Waals surface area contributed by atoms with Crippen LogP contribution in [0.5, 0.6) is 0 Å². The van der Waals surface area contributed by atoms with Crippen LogP contribution in [0.4, 0.5) is 0 Å². The van der Waals surface area contributed by atoms with E-state index in [1.54, 1.807) is 0 Å². The summed E-state index contributed by atoms with van der Waals surface area (Å²) in [6.45, 7) is 5.35. The molecular weight excluding hydrogens is 355 g/mol. The second kappa shape index (κ2) is 8.40. The van der Waals surface area contributed by atoms with E-state index in [0.29, 0.717) is 6.10 Å². The molecule has 1 heterocycles. The standard InChI is InChI=1S/C9H10O2.2C4H9.Sn/c10-7-9(11)6-8-4-2-1-3-5-8;2*1-3-4-2;/h1-5,9H,6-7H2;2*1,3-4H2,2H3;/q-2;;;+2. The van der Waals surface area contributed by atoms with Crippen LogP contribution in [-0.2, 0) is 12.6 Å². The molecule has 1 aromatic rings. The molecule has 0 saturated carbocycles. The third kappa shape index (κ3) is 4.74. The van der Waals surface area contributed by atoms with E-state index < -0.39 is 19.2 Å². The number of benzene rings is 1. The average molecular weight is 383 g/mol. The van der Waals surface area contributed by atoms with Crippen LogP contribution >= 0.6 is 0 Å². The van der Waals surface area contributed by atoms with E-state index in [4.69, 9.17) is 6.15 Å². The van der Waals surface area contributed by atoms with Gasteiger partial charge in [-0.1, -0.05) is 0 Å². The predicted molar refractivity (Wildman–Crippen MR) is 86.2 cm³/mol. The van der Waals surface area contributed by atoms with Gasteiger partial charge in [0.2, 0.25) is 0 Å². The summed E-state index contributed by atoms with van der Waals surface area (Å²) in [5.41, 5.74) is 1.37. The Bertz CT molecular complexity index is 372. The second-order valence-electron chi connectivity index (χ2n) is 5.86. The van der Waals surface area contributed by atoms with Crippen molar-refractivity contribution in [3.63, 3.8) is 0 Å². The number of hydrogen-bond acceptors (Lipinski definition) is 2. The Balaban J connectivity index is 1.92. The van der Waals surface area contributed by atoms with Gasteiger partial charge in [-0.3, -0.25) is 0 Å². The first-order chi connectivity index (χ1) is 9.78. The van der Waals surface area contributed by atoms with E-state index in [0.717, 1.165) is 13.0 Å². The van der Waals surface area contributed by atoms with Gasteiger partial charge in [-0.2, -0.15) is 0 Å². The molecule has 112 valence electrons. The predicted octanol–water partition coefficient (Wildman–Crippen LogP) is 4.69. The zero-order valence-electron chi connectivity index (χ0n) is 12.9. The molecule has 1 aliphatic heterocycles. The zero-order chi connectivity index (χ0) is 14.3. The van der Waals surface area contributed by atoms with Crippen LogP contribution in [0.25, 0.3) is 0 Å². The van der Waals surface area contributed by atoms with Crippen LogP contribution in [0.15, 0.2) is 30.3 Å². The number of unbranched alkanes of at least 4 members (excludes halogenated alkanes) is 2. The Hall–Kier alpha value is -0.0613. The number of rotatable bonds is 8. The van der Waals surface area contributed by atoms with Crippen molar-refractivity contribution in [1.29, 1.82) is 0 Å². The fraction of sp³-hybridized carbons (Fsp3) is 0.647. The van der Waals surface area contributed by atoms with E-state index >= 15 is 0 Å². The molecule has 1 saturated heterocycles. The molecule has 0 bridgehead atoms. The molecule has 2 nitrogen and oxygen atoms in total. The Morgan fingerprint density at radius 2 is 1.70 bits per heavy atom. The van der Waals surface area contributed by atoms with Crippen molar-refractivity contribution in [3.8, 4) is 0 Å². The molecule has 2 rings (SSSR count). The topological polar surface area (TPSA) is 18.5 Å². The van der Waals surface area contributed by atoms with Crippen LogP contribution in [0.2, 0.25) is 8.87 Å². The summed E-state index contributed by atoms with van der Waals surface area (Å²) in [5.74, 6) is 0. The summed E-state index contributed by atoms with van der Waals surface area (Å²) in [7, 11) is 0. The summed E-state index contributed by atoms with van der Waals surface area (Å²) in [4.78, 5) is 0. The maximum absolute atomic E-state index is 6.54. The Morgan fingerprint density at radius 1 is 1.05 bits per heavy atom. The Labute approximate surface area is 128 Å².